The molecule has 244 valence electrons. The van der Waals surface area contributed by atoms with Gasteiger partial charge in [-0.05, 0) is 61.7 Å². The minimum absolute atomic E-state index is 0.491. The summed E-state index contributed by atoms with van der Waals surface area (Å²) in [6.07, 6.45) is 0. The predicted molar refractivity (Wildman–Crippen MR) is 210 cm³/mol. The second kappa shape index (κ2) is 19.3. The summed E-state index contributed by atoms with van der Waals surface area (Å²) in [4.78, 5) is 0. The molecule has 2 heterocycles. The maximum Gasteiger partial charge on any atom is 0.0541 e. The third-order valence-electron chi connectivity index (χ3n) is 7.53. The highest BCUT2D eigenvalue weighted by Crippen LogP contribution is 2.33. The first-order valence-corrected chi connectivity index (χ1v) is 17.6. The highest BCUT2D eigenvalue weighted by atomic mass is 15.0. The van der Waals surface area contributed by atoms with Crippen LogP contribution in [-0.4, -0.2) is 9.13 Å². The predicted octanol–water partition coefficient (Wildman–Crippen LogP) is 14.4. The van der Waals surface area contributed by atoms with Crippen LogP contribution in [0.3, 0.4) is 0 Å². The van der Waals surface area contributed by atoms with Crippen LogP contribution in [0.25, 0.3) is 49.3 Å². The molecule has 2 heteroatoms. The van der Waals surface area contributed by atoms with E-state index in [-0.39, 0.29) is 0 Å². The van der Waals surface area contributed by atoms with Gasteiger partial charge in [-0.2, -0.15) is 0 Å². The average molecular weight is 615 g/mol. The summed E-state index contributed by atoms with van der Waals surface area (Å²) >= 11 is 0. The van der Waals surface area contributed by atoms with Crippen LogP contribution in [0.1, 0.15) is 101 Å². The molecule has 7 rings (SSSR count). The molecular formula is C44H58N2. The molecule has 2 nitrogen and oxygen atoms in total. The Morgan fingerprint density at radius 3 is 1.00 bits per heavy atom. The van der Waals surface area contributed by atoms with Gasteiger partial charge in [0.25, 0.3) is 0 Å². The Balaban J connectivity index is 0.000000271. The molecule has 0 bridgehead atoms. The van der Waals surface area contributed by atoms with E-state index in [1.807, 2.05) is 55.4 Å². The zero-order valence-corrected chi connectivity index (χ0v) is 30.6. The maximum absolute atomic E-state index is 2.41. The number of hydrogen-bond acceptors (Lipinski definition) is 0. The quantitative estimate of drug-likeness (QED) is 0.187. The number of aromatic nitrogens is 2. The van der Waals surface area contributed by atoms with E-state index in [2.05, 4.69) is 158 Å². The lowest BCUT2D eigenvalue weighted by Gasteiger charge is -2.10. The first-order valence-electron chi connectivity index (χ1n) is 17.6. The Kier molecular flexibility index (Phi) is 15.9. The summed E-state index contributed by atoms with van der Waals surface area (Å²) in [6, 6.07) is 43.9. The van der Waals surface area contributed by atoms with E-state index in [1.165, 1.54) is 54.9 Å². The third-order valence-corrected chi connectivity index (χ3v) is 7.53. The molecular weight excluding hydrogens is 556 g/mol. The van der Waals surface area contributed by atoms with Gasteiger partial charge in [0.05, 0.1) is 11.0 Å². The van der Waals surface area contributed by atoms with Gasteiger partial charge in [0.1, 0.15) is 0 Å². The largest absolute Gasteiger partial charge is 0.338 e. The molecule has 2 aromatic heterocycles. The van der Waals surface area contributed by atoms with Crippen molar-refractivity contribution in [3.8, 4) is 5.69 Å². The zero-order chi connectivity index (χ0) is 34.2. The molecule has 0 aliphatic heterocycles. The Bertz CT molecular complexity index is 1760. The fourth-order valence-electron chi connectivity index (χ4n) is 5.72. The van der Waals surface area contributed by atoms with Crippen LogP contribution in [-0.2, 0) is 0 Å². The molecule has 5 aromatic carbocycles. The molecule has 0 saturated carbocycles. The summed E-state index contributed by atoms with van der Waals surface area (Å²) < 4.78 is 4.76. The second-order valence-corrected chi connectivity index (χ2v) is 10.6. The van der Waals surface area contributed by atoms with Crippen molar-refractivity contribution < 1.29 is 0 Å². The van der Waals surface area contributed by atoms with Crippen molar-refractivity contribution in [2.75, 3.05) is 0 Å². The highest BCUT2D eigenvalue weighted by Gasteiger charge is 2.12. The molecule has 46 heavy (non-hydrogen) atoms. The molecule has 0 radical (unpaired) electrons. The zero-order valence-electron chi connectivity index (χ0n) is 30.6. The first kappa shape index (κ1) is 37.9. The van der Waals surface area contributed by atoms with E-state index in [0.717, 1.165) is 0 Å². The van der Waals surface area contributed by atoms with Crippen molar-refractivity contribution in [1.82, 2.24) is 9.13 Å². The lowest BCUT2D eigenvalue weighted by atomic mass is 10.0. The molecule has 0 saturated heterocycles. The summed E-state index contributed by atoms with van der Waals surface area (Å²) in [7, 11) is 0. The van der Waals surface area contributed by atoms with E-state index < -0.39 is 0 Å². The normalized spacial score (nSPS) is 10.1. The van der Waals surface area contributed by atoms with E-state index in [0.29, 0.717) is 12.0 Å². The lowest BCUT2D eigenvalue weighted by Crippen LogP contribution is -1.99. The van der Waals surface area contributed by atoms with Gasteiger partial charge in [0, 0.05) is 44.3 Å². The van der Waals surface area contributed by atoms with Crippen molar-refractivity contribution in [3.63, 3.8) is 0 Å². The Labute approximate surface area is 279 Å². The maximum atomic E-state index is 2.41. The Morgan fingerprint density at radius 1 is 0.370 bits per heavy atom. The lowest BCUT2D eigenvalue weighted by molar-refractivity contribution is 0.642. The van der Waals surface area contributed by atoms with E-state index >= 15 is 0 Å². The van der Waals surface area contributed by atoms with Gasteiger partial charge in [-0.1, -0.05) is 154 Å². The topological polar surface area (TPSA) is 9.86 Å². The minimum atomic E-state index is 0.491. The molecule has 7 aromatic rings. The molecule has 0 aliphatic rings. The highest BCUT2D eigenvalue weighted by molar-refractivity contribution is 6.09. The molecule has 0 aliphatic carbocycles. The van der Waals surface area contributed by atoms with Gasteiger partial charge in [-0.25, -0.2) is 0 Å². The molecule has 0 N–H and O–H groups in total. The second-order valence-electron chi connectivity index (χ2n) is 10.6. The van der Waals surface area contributed by atoms with E-state index in [1.54, 1.807) is 0 Å². The van der Waals surface area contributed by atoms with Gasteiger partial charge in [0.2, 0.25) is 0 Å². The standard InChI is InChI=1S/C21H19N.C15H15N.4C2H6/c1-15(2)16-11-13-17(14-12-16)22-20-9-5-3-7-18(20)19-8-4-6-10-21(19)22;1-11(2)16-14-9-5-3-7-12(14)13-8-4-6-10-15(13)16;4*1-2/h3-15H,1-2H3;3-11H,1-2H3;4*1-2H3. The van der Waals surface area contributed by atoms with Crippen LogP contribution in [0, 0.1) is 0 Å². The molecule has 0 fully saturated rings. The molecule has 0 amide bonds. The van der Waals surface area contributed by atoms with Crippen LogP contribution in [0.5, 0.6) is 0 Å². The van der Waals surface area contributed by atoms with Crippen LogP contribution >= 0.6 is 0 Å². The number of para-hydroxylation sites is 4. The summed E-state index contributed by atoms with van der Waals surface area (Å²) in [5, 5.41) is 5.33. The van der Waals surface area contributed by atoms with Crippen molar-refractivity contribution in [2.45, 2.75) is 95.0 Å². The number of nitrogens with zero attached hydrogens (tertiary/aromatic N) is 2. The van der Waals surface area contributed by atoms with Gasteiger partial charge < -0.3 is 9.13 Å². The van der Waals surface area contributed by atoms with Crippen molar-refractivity contribution in [3.05, 3.63) is 127 Å². The number of hydrogen-bond donors (Lipinski definition) is 0. The Hall–Kier alpha value is -4.30. The van der Waals surface area contributed by atoms with Crippen LogP contribution in [0.4, 0.5) is 0 Å². The van der Waals surface area contributed by atoms with Crippen molar-refractivity contribution in [1.29, 1.82) is 0 Å². The summed E-state index contributed by atoms with van der Waals surface area (Å²) in [6.45, 7) is 24.9. The SMILES string of the molecule is CC.CC.CC.CC.CC(C)c1ccc(-n2c3ccccc3c3ccccc32)cc1.CC(C)n1c2ccccc2c2ccccc21. The molecule has 0 spiro atoms. The number of benzene rings is 5. The average Bonchev–Trinajstić information content (AvgIpc) is 3.65. The van der Waals surface area contributed by atoms with Gasteiger partial charge in [-0.15, -0.1) is 0 Å². The number of fused-ring (bicyclic) bond motifs is 6. The fraction of sp³-hybridized carbons (Fsp3) is 0.318. The smallest absolute Gasteiger partial charge is 0.0541 e. The van der Waals surface area contributed by atoms with E-state index in [4.69, 9.17) is 0 Å². The van der Waals surface area contributed by atoms with E-state index in [9.17, 15) is 0 Å². The minimum Gasteiger partial charge on any atom is -0.338 e. The Morgan fingerprint density at radius 2 is 0.674 bits per heavy atom. The van der Waals surface area contributed by atoms with Crippen molar-refractivity contribution >= 4 is 43.6 Å². The van der Waals surface area contributed by atoms with Crippen LogP contribution in [0.15, 0.2) is 121 Å². The third kappa shape index (κ3) is 8.10. The monoisotopic (exact) mass is 614 g/mol. The van der Waals surface area contributed by atoms with Gasteiger partial charge >= 0.3 is 0 Å². The molecule has 0 atom stereocenters. The first-order chi connectivity index (χ1) is 22.5. The fourth-order valence-corrected chi connectivity index (χ4v) is 5.72. The number of rotatable bonds is 3. The van der Waals surface area contributed by atoms with Gasteiger partial charge in [-0.3, -0.25) is 0 Å². The summed E-state index contributed by atoms with van der Waals surface area (Å²) in [5.41, 5.74) is 7.80. The van der Waals surface area contributed by atoms with Gasteiger partial charge in [0.15, 0.2) is 0 Å². The van der Waals surface area contributed by atoms with Crippen LogP contribution in [0.2, 0.25) is 0 Å². The van der Waals surface area contributed by atoms with Crippen molar-refractivity contribution in [2.24, 2.45) is 0 Å². The summed E-state index contributed by atoms with van der Waals surface area (Å²) in [5.74, 6) is 0.562. The molecule has 0 unspecified atom stereocenters. The van der Waals surface area contributed by atoms with Crippen LogP contribution < -0.4 is 0 Å².